The molecule has 0 atom stereocenters. The molecule has 0 saturated carbocycles. The number of ether oxygens (including phenoxy) is 1. The molecule has 7 heteroatoms. The monoisotopic (exact) mass is 315 g/mol. The molecule has 0 radical (unpaired) electrons. The Bertz CT molecular complexity index is 642. The van der Waals surface area contributed by atoms with E-state index in [0.29, 0.717) is 5.75 Å². The number of amides is 3. The molecule has 23 heavy (non-hydrogen) atoms. The molecule has 1 fully saturated rings. The lowest BCUT2D eigenvalue weighted by Crippen LogP contribution is -2.40. The molecule has 0 spiro atoms. The minimum absolute atomic E-state index is 0.130. The Morgan fingerprint density at radius 2 is 2.04 bits per heavy atom. The fourth-order valence-electron chi connectivity index (χ4n) is 1.91. The summed E-state index contributed by atoms with van der Waals surface area (Å²) in [6, 6.07) is 3.64. The maximum atomic E-state index is 11.6. The molecule has 1 aliphatic rings. The van der Waals surface area contributed by atoms with Crippen molar-refractivity contribution < 1.29 is 19.1 Å². The zero-order chi connectivity index (χ0) is 16.7. The summed E-state index contributed by atoms with van der Waals surface area (Å²) in [7, 11) is 0. The predicted octanol–water partition coefficient (Wildman–Crippen LogP) is 0.0374. The van der Waals surface area contributed by atoms with E-state index in [9.17, 15) is 14.4 Å². The van der Waals surface area contributed by atoms with Crippen molar-refractivity contribution in [2.24, 2.45) is 0 Å². The normalized spacial score (nSPS) is 13.5. The van der Waals surface area contributed by atoms with Gasteiger partial charge in [0.05, 0.1) is 12.7 Å². The quantitative estimate of drug-likeness (QED) is 0.612. The maximum Gasteiger partial charge on any atom is 0.240 e. The van der Waals surface area contributed by atoms with Crippen LogP contribution in [0.25, 0.3) is 0 Å². The largest absolute Gasteiger partial charge is 0.479 e. The van der Waals surface area contributed by atoms with Gasteiger partial charge in [0.1, 0.15) is 18.9 Å². The Balaban J connectivity index is 1.65. The van der Waals surface area contributed by atoms with Crippen LogP contribution in [0.1, 0.15) is 18.5 Å². The Labute approximate surface area is 134 Å². The smallest absolute Gasteiger partial charge is 0.240 e. The van der Waals surface area contributed by atoms with Crippen LogP contribution in [0.5, 0.6) is 5.75 Å². The molecule has 120 valence electrons. The van der Waals surface area contributed by atoms with E-state index in [0.717, 1.165) is 10.6 Å². The summed E-state index contributed by atoms with van der Waals surface area (Å²) in [5, 5.41) is 2.53. The molecule has 0 aromatic carbocycles. The standard InChI is InChI=1S/C16H17N3O4/c1-12-4-5-13(10-18-12)23-9-3-2-8-17-14(20)11-19-15(21)6-7-16(19)22/h4-5,10H,6-9,11H2,1H3,(H,17,20). The van der Waals surface area contributed by atoms with Crippen LogP contribution in [0.2, 0.25) is 0 Å². The molecule has 7 nitrogen and oxygen atoms in total. The molecule has 0 unspecified atom stereocenters. The van der Waals surface area contributed by atoms with Crippen LogP contribution in [0.4, 0.5) is 0 Å². The molecule has 1 aliphatic heterocycles. The first kappa shape index (κ1) is 16.5. The number of nitrogens with one attached hydrogen (secondary N) is 1. The fraction of sp³-hybridized carbons (Fsp3) is 0.375. The van der Waals surface area contributed by atoms with Crippen LogP contribution in [0.3, 0.4) is 0 Å². The third-order valence-electron chi connectivity index (χ3n) is 3.15. The van der Waals surface area contributed by atoms with Gasteiger partial charge in [-0.25, -0.2) is 0 Å². The van der Waals surface area contributed by atoms with E-state index >= 15 is 0 Å². The van der Waals surface area contributed by atoms with Gasteiger partial charge in [0.15, 0.2) is 0 Å². The first-order valence-corrected chi connectivity index (χ1v) is 7.17. The summed E-state index contributed by atoms with van der Waals surface area (Å²) >= 11 is 0. The van der Waals surface area contributed by atoms with Crippen molar-refractivity contribution in [3.8, 4) is 17.6 Å². The number of nitrogens with zero attached hydrogens (tertiary/aromatic N) is 2. The second-order valence-corrected chi connectivity index (χ2v) is 4.93. The predicted molar refractivity (Wildman–Crippen MR) is 81.2 cm³/mol. The molecule has 1 saturated heterocycles. The molecule has 3 amide bonds. The minimum atomic E-state index is -0.411. The van der Waals surface area contributed by atoms with Gasteiger partial charge in [0, 0.05) is 18.5 Å². The molecule has 1 N–H and O–H groups in total. The fourth-order valence-corrected chi connectivity index (χ4v) is 1.91. The third kappa shape index (κ3) is 5.11. The number of carbonyl (C=O) groups is 3. The summed E-state index contributed by atoms with van der Waals surface area (Å²) in [5.74, 6) is 5.08. The molecular weight excluding hydrogens is 298 g/mol. The summed E-state index contributed by atoms with van der Waals surface area (Å²) in [5.41, 5.74) is 0.904. The Hall–Kier alpha value is -2.88. The van der Waals surface area contributed by atoms with E-state index in [4.69, 9.17) is 4.74 Å². The topological polar surface area (TPSA) is 88.6 Å². The highest BCUT2D eigenvalue weighted by molar-refractivity contribution is 6.04. The van der Waals surface area contributed by atoms with Crippen molar-refractivity contribution in [1.29, 1.82) is 0 Å². The number of likely N-dealkylation sites (tertiary alicyclic amines) is 1. The van der Waals surface area contributed by atoms with Gasteiger partial charge in [-0.05, 0) is 19.1 Å². The van der Waals surface area contributed by atoms with Gasteiger partial charge in [-0.3, -0.25) is 24.3 Å². The maximum absolute atomic E-state index is 11.6. The molecule has 2 heterocycles. The van der Waals surface area contributed by atoms with Gasteiger partial charge < -0.3 is 10.1 Å². The van der Waals surface area contributed by atoms with Crippen LogP contribution in [0, 0.1) is 18.8 Å². The van der Waals surface area contributed by atoms with Crippen molar-refractivity contribution in [3.05, 3.63) is 24.0 Å². The molecule has 0 bridgehead atoms. The first-order chi connectivity index (χ1) is 11.1. The lowest BCUT2D eigenvalue weighted by atomic mass is 10.4. The van der Waals surface area contributed by atoms with Crippen molar-refractivity contribution in [2.75, 3.05) is 19.7 Å². The lowest BCUT2D eigenvalue weighted by molar-refractivity contribution is -0.142. The van der Waals surface area contributed by atoms with Gasteiger partial charge in [0.25, 0.3) is 0 Å². The van der Waals surface area contributed by atoms with E-state index in [2.05, 4.69) is 22.1 Å². The summed E-state index contributed by atoms with van der Waals surface area (Å²) in [6.45, 7) is 1.95. The SMILES string of the molecule is Cc1ccc(OCC#CCNC(=O)CN2C(=O)CCC2=O)cn1. The number of pyridine rings is 1. The summed E-state index contributed by atoms with van der Waals surface area (Å²) in [6.07, 6.45) is 1.97. The molecule has 1 aromatic heterocycles. The highest BCUT2D eigenvalue weighted by atomic mass is 16.5. The third-order valence-corrected chi connectivity index (χ3v) is 3.15. The van der Waals surface area contributed by atoms with Crippen LogP contribution in [0.15, 0.2) is 18.3 Å². The van der Waals surface area contributed by atoms with Crippen LogP contribution < -0.4 is 10.1 Å². The second kappa shape index (κ2) is 7.94. The molecule has 1 aromatic rings. The zero-order valence-corrected chi connectivity index (χ0v) is 12.8. The van der Waals surface area contributed by atoms with Crippen molar-refractivity contribution in [3.63, 3.8) is 0 Å². The van der Waals surface area contributed by atoms with Crippen LogP contribution >= 0.6 is 0 Å². The number of aryl methyl sites for hydroxylation is 1. The number of aromatic nitrogens is 1. The molecular formula is C16H17N3O4. The van der Waals surface area contributed by atoms with Crippen LogP contribution in [-0.2, 0) is 14.4 Å². The van der Waals surface area contributed by atoms with E-state index < -0.39 is 5.91 Å². The molecule has 2 rings (SSSR count). The average molecular weight is 315 g/mol. The Kier molecular flexibility index (Phi) is 5.69. The van der Waals surface area contributed by atoms with E-state index in [1.54, 1.807) is 12.3 Å². The first-order valence-electron chi connectivity index (χ1n) is 7.17. The van der Waals surface area contributed by atoms with Crippen LogP contribution in [-0.4, -0.2) is 47.3 Å². The minimum Gasteiger partial charge on any atom is -0.479 e. The summed E-state index contributed by atoms with van der Waals surface area (Å²) < 4.78 is 5.36. The van der Waals surface area contributed by atoms with E-state index in [-0.39, 0.29) is 44.4 Å². The highest BCUT2D eigenvalue weighted by Gasteiger charge is 2.30. The van der Waals surface area contributed by atoms with Gasteiger partial charge in [-0.2, -0.15) is 0 Å². The lowest BCUT2D eigenvalue weighted by Gasteiger charge is -2.12. The number of hydrogen-bond donors (Lipinski definition) is 1. The molecule has 0 aliphatic carbocycles. The zero-order valence-electron chi connectivity index (χ0n) is 12.8. The van der Waals surface area contributed by atoms with E-state index in [1.807, 2.05) is 13.0 Å². The van der Waals surface area contributed by atoms with Crippen molar-refractivity contribution in [2.45, 2.75) is 19.8 Å². The highest BCUT2D eigenvalue weighted by Crippen LogP contribution is 2.10. The Morgan fingerprint density at radius 3 is 2.70 bits per heavy atom. The number of imide groups is 1. The van der Waals surface area contributed by atoms with Crippen molar-refractivity contribution >= 4 is 17.7 Å². The summed E-state index contributed by atoms with van der Waals surface area (Å²) in [4.78, 5) is 39.4. The van der Waals surface area contributed by atoms with Gasteiger partial charge >= 0.3 is 0 Å². The Morgan fingerprint density at radius 1 is 1.30 bits per heavy atom. The van der Waals surface area contributed by atoms with E-state index in [1.165, 1.54) is 0 Å². The van der Waals surface area contributed by atoms with Gasteiger partial charge in [-0.15, -0.1) is 0 Å². The van der Waals surface area contributed by atoms with Gasteiger partial charge in [-0.1, -0.05) is 11.8 Å². The number of hydrogen-bond acceptors (Lipinski definition) is 5. The second-order valence-electron chi connectivity index (χ2n) is 4.93. The average Bonchev–Trinajstić information content (AvgIpc) is 2.84. The van der Waals surface area contributed by atoms with Crippen molar-refractivity contribution in [1.82, 2.24) is 15.2 Å². The number of carbonyl (C=O) groups excluding carboxylic acids is 3. The van der Waals surface area contributed by atoms with Gasteiger partial charge in [0.2, 0.25) is 17.7 Å². The number of rotatable bonds is 5.